The predicted octanol–water partition coefficient (Wildman–Crippen LogP) is 4.87. The van der Waals surface area contributed by atoms with E-state index in [9.17, 15) is 13.2 Å². The van der Waals surface area contributed by atoms with Crippen LogP contribution in [0.5, 0.6) is 5.75 Å². The van der Waals surface area contributed by atoms with E-state index >= 15 is 0 Å². The fourth-order valence-corrected chi connectivity index (χ4v) is 3.30. The van der Waals surface area contributed by atoms with Gasteiger partial charge in [-0.2, -0.15) is 0 Å². The zero-order chi connectivity index (χ0) is 16.1. The number of alkyl halides is 3. The van der Waals surface area contributed by atoms with E-state index in [0.717, 1.165) is 5.56 Å². The monoisotopic (exact) mass is 365 g/mol. The van der Waals surface area contributed by atoms with Gasteiger partial charge in [0.2, 0.25) is 0 Å². The van der Waals surface area contributed by atoms with Crippen molar-refractivity contribution in [3.63, 3.8) is 0 Å². The first-order valence-electron chi connectivity index (χ1n) is 6.73. The van der Waals surface area contributed by atoms with E-state index in [1.165, 1.54) is 6.07 Å². The summed E-state index contributed by atoms with van der Waals surface area (Å²) in [6.07, 6.45) is -4.68. The molecule has 0 amide bonds. The second-order valence-electron chi connectivity index (χ2n) is 6.57. The molecule has 1 aromatic rings. The highest BCUT2D eigenvalue weighted by atomic mass is 79.9. The van der Waals surface area contributed by atoms with Crippen LogP contribution in [0.15, 0.2) is 22.7 Å². The Morgan fingerprint density at radius 1 is 1.19 bits per heavy atom. The molecule has 0 radical (unpaired) electrons. The zero-order valence-electron chi connectivity index (χ0n) is 12.4. The predicted molar refractivity (Wildman–Crippen MR) is 79.0 cm³/mol. The summed E-state index contributed by atoms with van der Waals surface area (Å²) in [5.41, 5.74) is 1.36. The lowest BCUT2D eigenvalue weighted by Gasteiger charge is -2.12. The van der Waals surface area contributed by atoms with Gasteiger partial charge in [-0.05, 0) is 44.5 Å². The van der Waals surface area contributed by atoms with Crippen molar-refractivity contribution in [2.24, 2.45) is 10.8 Å². The van der Waals surface area contributed by atoms with Gasteiger partial charge in [0.05, 0.1) is 4.47 Å². The number of rotatable bonds is 4. The molecule has 0 atom stereocenters. The molecule has 0 heterocycles. The molecule has 1 N–H and O–H groups in total. The number of halogens is 4. The Balaban J connectivity index is 1.99. The van der Waals surface area contributed by atoms with Crippen LogP contribution in [-0.2, 0) is 6.54 Å². The van der Waals surface area contributed by atoms with Crippen molar-refractivity contribution in [1.82, 2.24) is 5.32 Å². The van der Waals surface area contributed by atoms with Gasteiger partial charge < -0.3 is 10.1 Å². The fraction of sp³-hybridized carbons (Fsp3) is 0.600. The molecular formula is C15H19BrF3NO. The highest BCUT2D eigenvalue weighted by Gasteiger charge is 2.64. The summed E-state index contributed by atoms with van der Waals surface area (Å²) in [5, 5.41) is 3.46. The van der Waals surface area contributed by atoms with E-state index in [4.69, 9.17) is 0 Å². The molecule has 2 rings (SSSR count). The molecule has 0 saturated heterocycles. The minimum atomic E-state index is -4.68. The van der Waals surface area contributed by atoms with Crippen LogP contribution in [0.3, 0.4) is 0 Å². The molecule has 1 saturated carbocycles. The Morgan fingerprint density at radius 3 is 2.19 bits per heavy atom. The first kappa shape index (κ1) is 16.6. The molecule has 6 heteroatoms. The van der Waals surface area contributed by atoms with Crippen LogP contribution < -0.4 is 10.1 Å². The maximum Gasteiger partial charge on any atom is 0.573 e. The molecule has 0 aliphatic heterocycles. The third-order valence-electron chi connectivity index (χ3n) is 4.75. The van der Waals surface area contributed by atoms with Crippen LogP contribution in [0, 0.1) is 10.8 Å². The van der Waals surface area contributed by atoms with Gasteiger partial charge >= 0.3 is 6.36 Å². The Kier molecular flexibility index (Phi) is 4.08. The Labute approximate surface area is 131 Å². The maximum atomic E-state index is 12.2. The van der Waals surface area contributed by atoms with Crippen LogP contribution in [0.4, 0.5) is 13.2 Å². The van der Waals surface area contributed by atoms with Crippen molar-refractivity contribution in [2.45, 2.75) is 46.6 Å². The largest absolute Gasteiger partial charge is 0.573 e. The Morgan fingerprint density at radius 2 is 1.76 bits per heavy atom. The van der Waals surface area contributed by atoms with E-state index in [0.29, 0.717) is 17.1 Å². The van der Waals surface area contributed by atoms with Crippen molar-refractivity contribution in [3.05, 3.63) is 28.2 Å². The smallest absolute Gasteiger partial charge is 0.405 e. The summed E-state index contributed by atoms with van der Waals surface area (Å²) in [6, 6.07) is 5.02. The van der Waals surface area contributed by atoms with Crippen LogP contribution in [0.1, 0.15) is 33.3 Å². The molecule has 1 aromatic carbocycles. The van der Waals surface area contributed by atoms with E-state index in [1.54, 1.807) is 12.1 Å². The Hall–Kier alpha value is -0.750. The lowest BCUT2D eigenvalue weighted by atomic mass is 10.0. The molecule has 0 spiro atoms. The molecule has 1 aliphatic carbocycles. The van der Waals surface area contributed by atoms with Gasteiger partial charge in [0.25, 0.3) is 0 Å². The maximum absolute atomic E-state index is 12.2. The molecule has 0 unspecified atom stereocenters. The lowest BCUT2D eigenvalue weighted by molar-refractivity contribution is -0.274. The average molecular weight is 366 g/mol. The fourth-order valence-electron chi connectivity index (χ4n) is 2.79. The topological polar surface area (TPSA) is 21.3 Å². The van der Waals surface area contributed by atoms with E-state index in [2.05, 4.69) is 53.7 Å². The molecule has 1 fully saturated rings. The second kappa shape index (κ2) is 5.16. The van der Waals surface area contributed by atoms with Crippen molar-refractivity contribution < 1.29 is 17.9 Å². The average Bonchev–Trinajstić information content (AvgIpc) is 2.69. The van der Waals surface area contributed by atoms with Crippen LogP contribution >= 0.6 is 15.9 Å². The van der Waals surface area contributed by atoms with Gasteiger partial charge in [-0.15, -0.1) is 13.2 Å². The number of hydrogen-bond acceptors (Lipinski definition) is 2. The molecule has 0 aromatic heterocycles. The zero-order valence-corrected chi connectivity index (χ0v) is 14.0. The van der Waals surface area contributed by atoms with Crippen LogP contribution in [0.2, 0.25) is 0 Å². The SMILES string of the molecule is CC1(C)C(NCc2ccc(OC(F)(F)F)c(Br)c2)C1(C)C. The minimum Gasteiger partial charge on any atom is -0.405 e. The standard InChI is InChI=1S/C15H19BrF3NO/c1-13(2)12(14(13,3)4)20-8-9-5-6-11(10(16)7-9)21-15(17,18)19/h5-7,12,20H,8H2,1-4H3. The molecule has 2 nitrogen and oxygen atoms in total. The van der Waals surface area contributed by atoms with Crippen molar-refractivity contribution in [1.29, 1.82) is 0 Å². The van der Waals surface area contributed by atoms with Gasteiger partial charge in [-0.25, -0.2) is 0 Å². The normalized spacial score (nSPS) is 20.4. The van der Waals surface area contributed by atoms with Crippen LogP contribution in [-0.4, -0.2) is 12.4 Å². The summed E-state index contributed by atoms with van der Waals surface area (Å²) in [7, 11) is 0. The highest BCUT2D eigenvalue weighted by Crippen LogP contribution is 2.62. The summed E-state index contributed by atoms with van der Waals surface area (Å²) in [4.78, 5) is 0. The van der Waals surface area contributed by atoms with Crippen molar-refractivity contribution in [2.75, 3.05) is 0 Å². The van der Waals surface area contributed by atoms with Gasteiger partial charge in [0.15, 0.2) is 0 Å². The summed E-state index contributed by atoms with van der Waals surface area (Å²) in [6.45, 7) is 9.45. The summed E-state index contributed by atoms with van der Waals surface area (Å²) >= 11 is 3.11. The first-order valence-corrected chi connectivity index (χ1v) is 7.52. The van der Waals surface area contributed by atoms with Gasteiger partial charge in [-0.3, -0.25) is 0 Å². The number of benzene rings is 1. The van der Waals surface area contributed by atoms with Crippen LogP contribution in [0.25, 0.3) is 0 Å². The number of ether oxygens (including phenoxy) is 1. The summed E-state index contributed by atoms with van der Waals surface area (Å²) in [5.74, 6) is -0.224. The summed E-state index contributed by atoms with van der Waals surface area (Å²) < 4.78 is 40.8. The molecule has 0 bridgehead atoms. The third-order valence-corrected chi connectivity index (χ3v) is 5.37. The lowest BCUT2D eigenvalue weighted by Crippen LogP contribution is -2.21. The minimum absolute atomic E-state index is 0.224. The second-order valence-corrected chi connectivity index (χ2v) is 7.42. The van der Waals surface area contributed by atoms with Crippen molar-refractivity contribution in [3.8, 4) is 5.75 Å². The molecule has 118 valence electrons. The van der Waals surface area contributed by atoms with E-state index < -0.39 is 6.36 Å². The van der Waals surface area contributed by atoms with E-state index in [1.807, 2.05) is 0 Å². The number of hydrogen-bond donors (Lipinski definition) is 1. The quantitative estimate of drug-likeness (QED) is 0.821. The highest BCUT2D eigenvalue weighted by molar-refractivity contribution is 9.10. The van der Waals surface area contributed by atoms with Crippen molar-refractivity contribution >= 4 is 15.9 Å². The Bertz CT molecular complexity index is 526. The molecule has 1 aliphatic rings. The van der Waals surface area contributed by atoms with Gasteiger partial charge in [0.1, 0.15) is 5.75 Å². The molecular weight excluding hydrogens is 347 g/mol. The number of nitrogens with one attached hydrogen (secondary N) is 1. The van der Waals surface area contributed by atoms with Gasteiger partial charge in [0, 0.05) is 12.6 Å². The third kappa shape index (κ3) is 3.37. The van der Waals surface area contributed by atoms with Gasteiger partial charge in [-0.1, -0.05) is 33.8 Å². The first-order chi connectivity index (χ1) is 9.45. The van der Waals surface area contributed by atoms with E-state index in [-0.39, 0.29) is 16.6 Å². The molecule has 21 heavy (non-hydrogen) atoms.